The molecule has 2 rings (SSSR count). The first-order valence-corrected chi connectivity index (χ1v) is 10.5. The average molecular weight is 347 g/mol. The zero-order chi connectivity index (χ0) is 16.8. The van der Waals surface area contributed by atoms with E-state index in [4.69, 9.17) is 9.47 Å². The molecule has 0 bridgehead atoms. The van der Waals surface area contributed by atoms with Crippen LogP contribution in [0.5, 0.6) is 0 Å². The van der Waals surface area contributed by atoms with E-state index in [9.17, 15) is 13.2 Å². The summed E-state index contributed by atoms with van der Waals surface area (Å²) in [6.07, 6.45) is 6.25. The summed E-state index contributed by atoms with van der Waals surface area (Å²) < 4.78 is 33.8. The van der Waals surface area contributed by atoms with Crippen LogP contribution in [0.1, 0.15) is 45.4 Å². The van der Waals surface area contributed by atoms with Crippen molar-refractivity contribution in [2.45, 2.75) is 51.0 Å². The lowest BCUT2D eigenvalue weighted by atomic mass is 9.83. The zero-order valence-electron chi connectivity index (χ0n) is 14.1. The van der Waals surface area contributed by atoms with Crippen LogP contribution in [0.3, 0.4) is 0 Å². The number of rotatable bonds is 7. The van der Waals surface area contributed by atoms with E-state index in [1.807, 2.05) is 0 Å². The van der Waals surface area contributed by atoms with Crippen molar-refractivity contribution in [3.05, 3.63) is 0 Å². The Hall–Kier alpha value is -0.660. The minimum absolute atomic E-state index is 0.0200. The molecule has 0 amide bonds. The van der Waals surface area contributed by atoms with Gasteiger partial charge in [0.1, 0.15) is 12.2 Å². The third kappa shape index (κ3) is 6.04. The molecular weight excluding hydrogens is 318 g/mol. The maximum atomic E-state index is 12.0. The zero-order valence-corrected chi connectivity index (χ0v) is 14.9. The molecule has 7 heteroatoms. The molecule has 0 atom stereocenters. The Bertz CT molecular complexity index is 471. The molecule has 1 aliphatic heterocycles. The number of hydrogen-bond acceptors (Lipinski definition) is 6. The quantitative estimate of drug-likeness (QED) is 0.512. The molecule has 1 heterocycles. The maximum Gasteiger partial charge on any atom is 0.332 e. The molecule has 2 fully saturated rings. The van der Waals surface area contributed by atoms with Crippen LogP contribution in [0.25, 0.3) is 0 Å². The van der Waals surface area contributed by atoms with Gasteiger partial charge >= 0.3 is 5.97 Å². The predicted molar refractivity (Wildman–Crippen MR) is 88.1 cm³/mol. The topological polar surface area (TPSA) is 72.9 Å². The molecule has 134 valence electrons. The molecule has 1 aliphatic carbocycles. The second-order valence-electron chi connectivity index (χ2n) is 6.62. The monoisotopic (exact) mass is 347 g/mol. The van der Waals surface area contributed by atoms with Gasteiger partial charge in [-0.15, -0.1) is 0 Å². The largest absolute Gasteiger partial charge is 0.457 e. The maximum absolute atomic E-state index is 12.0. The van der Waals surface area contributed by atoms with Gasteiger partial charge in [0.15, 0.2) is 9.84 Å². The van der Waals surface area contributed by atoms with E-state index in [1.54, 1.807) is 0 Å². The van der Waals surface area contributed by atoms with Gasteiger partial charge in [-0.05, 0) is 32.1 Å². The van der Waals surface area contributed by atoms with E-state index in [2.05, 4.69) is 11.8 Å². The number of ether oxygens (including phenoxy) is 2. The highest BCUT2D eigenvalue weighted by molar-refractivity contribution is 7.91. The lowest BCUT2D eigenvalue weighted by Crippen LogP contribution is -2.42. The summed E-state index contributed by atoms with van der Waals surface area (Å²) in [6.45, 7) is 4.23. The Morgan fingerprint density at radius 1 is 1.13 bits per heavy atom. The number of hydrogen-bond donors (Lipinski definition) is 0. The van der Waals surface area contributed by atoms with Crippen molar-refractivity contribution < 1.29 is 22.7 Å². The summed E-state index contributed by atoms with van der Waals surface area (Å²) in [7, 11) is -2.84. The summed E-state index contributed by atoms with van der Waals surface area (Å²) in [5.41, 5.74) is -0.278. The molecule has 6 nitrogen and oxygen atoms in total. The van der Waals surface area contributed by atoms with E-state index in [1.165, 1.54) is 6.42 Å². The van der Waals surface area contributed by atoms with E-state index in [0.717, 1.165) is 32.1 Å². The van der Waals surface area contributed by atoms with Crippen LogP contribution in [0.2, 0.25) is 0 Å². The molecule has 0 spiro atoms. The fourth-order valence-corrected chi connectivity index (χ4v) is 4.59. The number of carbonyl (C=O) groups is 1. The van der Waals surface area contributed by atoms with E-state index in [-0.39, 0.29) is 29.7 Å². The average Bonchev–Trinajstić information content (AvgIpc) is 2.54. The molecule has 23 heavy (non-hydrogen) atoms. The molecular formula is C16H29NO5S. The third-order valence-corrected chi connectivity index (χ3v) is 6.56. The predicted octanol–water partition coefficient (Wildman–Crippen LogP) is 1.39. The summed E-state index contributed by atoms with van der Waals surface area (Å²) >= 11 is 0. The third-order valence-electron chi connectivity index (χ3n) is 4.95. The lowest BCUT2D eigenvalue weighted by molar-refractivity contribution is -0.169. The Morgan fingerprint density at radius 3 is 2.39 bits per heavy atom. The van der Waals surface area contributed by atoms with Crippen molar-refractivity contribution in [2.24, 2.45) is 0 Å². The lowest BCUT2D eigenvalue weighted by Gasteiger charge is -2.36. The summed E-state index contributed by atoms with van der Waals surface area (Å²) in [6, 6.07) is 0. The van der Waals surface area contributed by atoms with Crippen LogP contribution in [0.15, 0.2) is 0 Å². The van der Waals surface area contributed by atoms with Gasteiger partial charge in [-0.25, -0.2) is 13.2 Å². The van der Waals surface area contributed by atoms with Crippen LogP contribution in [0.4, 0.5) is 0 Å². The van der Waals surface area contributed by atoms with Gasteiger partial charge in [0.2, 0.25) is 0 Å². The second kappa shape index (κ2) is 8.44. The smallest absolute Gasteiger partial charge is 0.332 e. The molecule has 1 saturated heterocycles. The van der Waals surface area contributed by atoms with Gasteiger partial charge in [-0.1, -0.05) is 13.3 Å². The Labute approximate surface area is 139 Å². The van der Waals surface area contributed by atoms with Gasteiger partial charge in [0.25, 0.3) is 0 Å². The van der Waals surface area contributed by atoms with E-state index < -0.39 is 9.84 Å². The van der Waals surface area contributed by atoms with Gasteiger partial charge < -0.3 is 9.47 Å². The summed E-state index contributed by atoms with van der Waals surface area (Å²) in [5, 5.41) is 0. The van der Waals surface area contributed by atoms with Crippen molar-refractivity contribution >= 4 is 15.8 Å². The minimum atomic E-state index is -2.84. The van der Waals surface area contributed by atoms with Crippen molar-refractivity contribution in [1.29, 1.82) is 0 Å². The molecule has 0 aromatic heterocycles. The Kier molecular flexibility index (Phi) is 6.85. The van der Waals surface area contributed by atoms with Crippen molar-refractivity contribution in [3.8, 4) is 0 Å². The standard InChI is InChI=1S/C16H29NO5S/c1-2-16(6-4-3-5-7-16)22-15(18)14-21-11-8-17-9-12-23(19,20)13-10-17/h2-14H2,1H3. The van der Waals surface area contributed by atoms with Gasteiger partial charge in [-0.3, -0.25) is 4.90 Å². The Morgan fingerprint density at radius 2 is 1.78 bits per heavy atom. The van der Waals surface area contributed by atoms with E-state index >= 15 is 0 Å². The molecule has 0 radical (unpaired) electrons. The molecule has 0 aromatic rings. The van der Waals surface area contributed by atoms with Crippen molar-refractivity contribution in [2.75, 3.05) is 44.4 Å². The fraction of sp³-hybridized carbons (Fsp3) is 0.938. The molecule has 2 aliphatic rings. The highest BCUT2D eigenvalue weighted by Gasteiger charge is 2.34. The van der Waals surface area contributed by atoms with Crippen LogP contribution < -0.4 is 0 Å². The van der Waals surface area contributed by atoms with Crippen LogP contribution in [-0.4, -0.2) is 69.2 Å². The van der Waals surface area contributed by atoms with Crippen LogP contribution >= 0.6 is 0 Å². The van der Waals surface area contributed by atoms with Gasteiger partial charge in [0, 0.05) is 19.6 Å². The number of nitrogens with zero attached hydrogens (tertiary/aromatic N) is 1. The van der Waals surface area contributed by atoms with Gasteiger partial charge in [0.05, 0.1) is 18.1 Å². The van der Waals surface area contributed by atoms with E-state index in [0.29, 0.717) is 26.2 Å². The molecule has 1 saturated carbocycles. The number of sulfone groups is 1. The van der Waals surface area contributed by atoms with Gasteiger partial charge in [-0.2, -0.15) is 0 Å². The molecule has 0 aromatic carbocycles. The first kappa shape index (κ1) is 18.7. The Balaban J connectivity index is 1.61. The second-order valence-corrected chi connectivity index (χ2v) is 8.92. The number of carbonyl (C=O) groups excluding carboxylic acids is 1. The summed E-state index contributed by atoms with van der Waals surface area (Å²) in [4.78, 5) is 14.0. The SMILES string of the molecule is CCC1(OC(=O)COCCN2CCS(=O)(=O)CC2)CCCCC1. The highest BCUT2D eigenvalue weighted by Crippen LogP contribution is 2.34. The summed E-state index contributed by atoms with van der Waals surface area (Å²) in [5.74, 6) is 0.150. The van der Waals surface area contributed by atoms with Crippen LogP contribution in [0, 0.1) is 0 Å². The highest BCUT2D eigenvalue weighted by atomic mass is 32.2. The first-order chi connectivity index (χ1) is 10.9. The van der Waals surface area contributed by atoms with Crippen LogP contribution in [-0.2, 0) is 24.1 Å². The minimum Gasteiger partial charge on any atom is -0.457 e. The number of esters is 1. The fourth-order valence-electron chi connectivity index (χ4n) is 3.32. The van der Waals surface area contributed by atoms with Crippen molar-refractivity contribution in [3.63, 3.8) is 0 Å². The molecule has 0 N–H and O–H groups in total. The first-order valence-electron chi connectivity index (χ1n) is 8.67. The van der Waals surface area contributed by atoms with Crippen molar-refractivity contribution in [1.82, 2.24) is 4.90 Å². The molecule has 0 unspecified atom stereocenters. The normalized spacial score (nSPS) is 24.2.